The van der Waals surface area contributed by atoms with E-state index in [1.165, 1.54) is 7.11 Å². The second-order valence-electron chi connectivity index (χ2n) is 3.82. The van der Waals surface area contributed by atoms with Crippen LogP contribution in [0.3, 0.4) is 0 Å². The summed E-state index contributed by atoms with van der Waals surface area (Å²) < 4.78 is 6.47. The van der Waals surface area contributed by atoms with Gasteiger partial charge in [-0.05, 0) is 12.1 Å². The number of hydrogen-bond donors (Lipinski definition) is 1. The van der Waals surface area contributed by atoms with E-state index in [1.807, 2.05) is 35.0 Å². The number of esters is 1. The van der Waals surface area contributed by atoms with Crippen molar-refractivity contribution in [3.05, 3.63) is 36.3 Å². The maximum absolute atomic E-state index is 11.1. The normalized spacial score (nSPS) is 12.6. The Morgan fingerprint density at radius 3 is 3.17 bits per heavy atom. The molecular weight excluding hydrogens is 254 g/mol. The van der Waals surface area contributed by atoms with E-state index in [4.69, 9.17) is 11.6 Å². The molecule has 2 aromatic heterocycles. The number of pyridine rings is 1. The number of nitrogens with zero attached hydrogens (tertiary/aromatic N) is 2. The van der Waals surface area contributed by atoms with Gasteiger partial charge in [0.25, 0.3) is 0 Å². The van der Waals surface area contributed by atoms with Crippen LogP contribution in [0, 0.1) is 0 Å². The van der Waals surface area contributed by atoms with Crippen LogP contribution >= 0.6 is 11.6 Å². The zero-order chi connectivity index (χ0) is 13.0. The average molecular weight is 268 g/mol. The van der Waals surface area contributed by atoms with Gasteiger partial charge in [0.2, 0.25) is 0 Å². The molecule has 96 valence electrons. The highest BCUT2D eigenvalue weighted by molar-refractivity contribution is 6.30. The van der Waals surface area contributed by atoms with Gasteiger partial charge >= 0.3 is 5.97 Å². The van der Waals surface area contributed by atoms with Gasteiger partial charge in [0.05, 0.1) is 12.8 Å². The summed E-state index contributed by atoms with van der Waals surface area (Å²) in [6.07, 6.45) is 3.87. The topological polar surface area (TPSA) is 55.6 Å². The Morgan fingerprint density at radius 1 is 1.61 bits per heavy atom. The molecule has 2 heterocycles. The van der Waals surface area contributed by atoms with Gasteiger partial charge in [-0.3, -0.25) is 4.79 Å². The van der Waals surface area contributed by atoms with Crippen molar-refractivity contribution in [3.63, 3.8) is 0 Å². The van der Waals surface area contributed by atoms with E-state index in [2.05, 4.69) is 15.0 Å². The summed E-state index contributed by atoms with van der Waals surface area (Å²) in [5.41, 5.74) is 1.79. The zero-order valence-electron chi connectivity index (χ0n) is 9.97. The van der Waals surface area contributed by atoms with Crippen molar-refractivity contribution in [1.29, 1.82) is 0 Å². The number of aromatic nitrogens is 2. The number of halogens is 1. The van der Waals surface area contributed by atoms with Gasteiger partial charge in [0.1, 0.15) is 11.0 Å². The molecule has 0 bridgehead atoms. The molecule has 0 aromatic carbocycles. The molecule has 0 radical (unpaired) electrons. The van der Waals surface area contributed by atoms with Crippen LogP contribution in [-0.2, 0) is 16.1 Å². The third-order valence-electron chi connectivity index (χ3n) is 2.50. The van der Waals surface area contributed by atoms with Crippen LogP contribution in [0.15, 0.2) is 30.6 Å². The average Bonchev–Trinajstić information content (AvgIpc) is 2.80. The predicted octanol–water partition coefficient (Wildman–Crippen LogP) is 1.20. The van der Waals surface area contributed by atoms with Gasteiger partial charge in [-0.15, -0.1) is 11.6 Å². The molecule has 2 rings (SSSR count). The molecule has 1 N–H and O–H groups in total. The first-order chi connectivity index (χ1) is 8.70. The third-order valence-corrected chi connectivity index (χ3v) is 2.83. The molecule has 0 spiro atoms. The van der Waals surface area contributed by atoms with Crippen LogP contribution in [-0.4, -0.2) is 34.4 Å². The molecule has 0 saturated carbocycles. The van der Waals surface area contributed by atoms with Crippen LogP contribution in [0.1, 0.15) is 5.69 Å². The second kappa shape index (κ2) is 5.84. The van der Waals surface area contributed by atoms with Gasteiger partial charge in [0, 0.05) is 25.5 Å². The molecule has 0 saturated heterocycles. The molecular formula is C12H14ClN3O2. The number of ether oxygens (including phenoxy) is 1. The molecule has 5 nitrogen and oxygen atoms in total. The molecule has 0 aliphatic rings. The number of hydrogen-bond acceptors (Lipinski definition) is 4. The Morgan fingerprint density at radius 2 is 2.44 bits per heavy atom. The highest BCUT2D eigenvalue weighted by Gasteiger charge is 2.14. The van der Waals surface area contributed by atoms with Gasteiger partial charge in [-0.2, -0.15) is 0 Å². The van der Waals surface area contributed by atoms with E-state index < -0.39 is 11.3 Å². The number of carbonyl (C=O) groups excluding carboxylic acids is 1. The minimum atomic E-state index is -0.674. The Balaban J connectivity index is 1.88. The lowest BCUT2D eigenvalue weighted by Gasteiger charge is -2.07. The first-order valence-electron chi connectivity index (χ1n) is 5.56. The highest BCUT2D eigenvalue weighted by Crippen LogP contribution is 2.04. The minimum absolute atomic E-state index is 0.349. The van der Waals surface area contributed by atoms with Gasteiger partial charge in [0.15, 0.2) is 0 Å². The standard InChI is InChI=1S/C12H14ClN3O2/c1-18-12(17)10(13)7-14-6-9-8-16-5-3-2-4-11(16)15-9/h2-5,8,10,14H,6-7H2,1H3. The van der Waals surface area contributed by atoms with E-state index in [1.54, 1.807) is 0 Å². The highest BCUT2D eigenvalue weighted by atomic mass is 35.5. The molecule has 0 aliphatic carbocycles. The molecule has 0 aliphatic heterocycles. The van der Waals surface area contributed by atoms with Crippen LogP contribution in [0.4, 0.5) is 0 Å². The fourth-order valence-electron chi connectivity index (χ4n) is 1.61. The van der Waals surface area contributed by atoms with Crippen molar-refractivity contribution in [3.8, 4) is 0 Å². The lowest BCUT2D eigenvalue weighted by molar-refractivity contribution is -0.140. The van der Waals surface area contributed by atoms with Gasteiger partial charge in [-0.25, -0.2) is 4.98 Å². The second-order valence-corrected chi connectivity index (χ2v) is 4.35. The number of alkyl halides is 1. The molecule has 18 heavy (non-hydrogen) atoms. The predicted molar refractivity (Wildman–Crippen MR) is 68.6 cm³/mol. The number of imidazole rings is 1. The molecule has 2 aromatic rings. The van der Waals surface area contributed by atoms with E-state index in [0.29, 0.717) is 13.1 Å². The smallest absolute Gasteiger partial charge is 0.325 e. The van der Waals surface area contributed by atoms with Crippen molar-refractivity contribution in [2.45, 2.75) is 11.9 Å². The number of fused-ring (bicyclic) bond motifs is 1. The summed E-state index contributed by atoms with van der Waals surface area (Å²) >= 11 is 5.81. The SMILES string of the molecule is COC(=O)C(Cl)CNCc1cn2ccccc2n1. The summed E-state index contributed by atoms with van der Waals surface area (Å²) in [5, 5.41) is 2.39. The Bertz CT molecular complexity index is 508. The maximum atomic E-state index is 11.1. The van der Waals surface area contributed by atoms with Crippen molar-refractivity contribution >= 4 is 23.2 Å². The summed E-state index contributed by atoms with van der Waals surface area (Å²) in [5.74, 6) is -0.431. The van der Waals surface area contributed by atoms with Gasteiger partial charge in [-0.1, -0.05) is 6.07 Å². The molecule has 0 fully saturated rings. The largest absolute Gasteiger partial charge is 0.468 e. The fraction of sp³-hybridized carbons (Fsp3) is 0.333. The lowest BCUT2D eigenvalue weighted by Crippen LogP contribution is -2.29. The van der Waals surface area contributed by atoms with E-state index in [-0.39, 0.29) is 0 Å². The quantitative estimate of drug-likeness (QED) is 0.653. The van der Waals surface area contributed by atoms with E-state index >= 15 is 0 Å². The first kappa shape index (κ1) is 12.9. The molecule has 6 heteroatoms. The molecule has 0 amide bonds. The third kappa shape index (κ3) is 3.00. The summed E-state index contributed by atoms with van der Waals surface area (Å²) in [4.78, 5) is 15.5. The van der Waals surface area contributed by atoms with Gasteiger partial charge < -0.3 is 14.5 Å². The summed E-state index contributed by atoms with van der Waals surface area (Å²) in [7, 11) is 1.32. The molecule has 1 atom stereocenters. The van der Waals surface area contributed by atoms with Crippen molar-refractivity contribution < 1.29 is 9.53 Å². The number of rotatable bonds is 5. The fourth-order valence-corrected chi connectivity index (χ4v) is 1.81. The summed E-state index contributed by atoms with van der Waals surface area (Å²) in [6, 6.07) is 5.81. The van der Waals surface area contributed by atoms with E-state index in [9.17, 15) is 4.79 Å². The Hall–Kier alpha value is -1.59. The summed E-state index contributed by atoms with van der Waals surface area (Å²) in [6.45, 7) is 0.907. The van der Waals surface area contributed by atoms with Crippen LogP contribution < -0.4 is 5.32 Å². The maximum Gasteiger partial charge on any atom is 0.325 e. The Labute approximate surface area is 110 Å². The van der Waals surface area contributed by atoms with Crippen molar-refractivity contribution in [2.24, 2.45) is 0 Å². The zero-order valence-corrected chi connectivity index (χ0v) is 10.7. The van der Waals surface area contributed by atoms with Crippen LogP contribution in [0.5, 0.6) is 0 Å². The van der Waals surface area contributed by atoms with Crippen LogP contribution in [0.25, 0.3) is 5.65 Å². The number of methoxy groups -OCH3 is 1. The lowest BCUT2D eigenvalue weighted by atomic mass is 10.4. The van der Waals surface area contributed by atoms with E-state index in [0.717, 1.165) is 11.3 Å². The first-order valence-corrected chi connectivity index (χ1v) is 5.99. The Kier molecular flexibility index (Phi) is 4.17. The van der Waals surface area contributed by atoms with Crippen molar-refractivity contribution in [2.75, 3.05) is 13.7 Å². The monoisotopic (exact) mass is 267 g/mol. The number of nitrogens with one attached hydrogen (secondary N) is 1. The van der Waals surface area contributed by atoms with Crippen molar-refractivity contribution in [1.82, 2.24) is 14.7 Å². The van der Waals surface area contributed by atoms with Crippen LogP contribution in [0.2, 0.25) is 0 Å². The number of carbonyl (C=O) groups is 1. The minimum Gasteiger partial charge on any atom is -0.468 e. The molecule has 1 unspecified atom stereocenters.